The van der Waals surface area contributed by atoms with Crippen molar-refractivity contribution in [1.29, 1.82) is 0 Å². The van der Waals surface area contributed by atoms with Crippen LogP contribution in [0.25, 0.3) is 0 Å². The van der Waals surface area contributed by atoms with Crippen molar-refractivity contribution in [2.75, 3.05) is 33.4 Å². The number of hydrogen-bond donors (Lipinski definition) is 1. The molecule has 0 radical (unpaired) electrons. The Bertz CT molecular complexity index is 1080. The predicted octanol–water partition coefficient (Wildman–Crippen LogP) is 3.39. The van der Waals surface area contributed by atoms with Crippen molar-refractivity contribution < 1.29 is 14.6 Å². The highest BCUT2D eigenvalue weighted by molar-refractivity contribution is 5.92. The Morgan fingerprint density at radius 3 is 2.54 bits per heavy atom. The summed E-state index contributed by atoms with van der Waals surface area (Å²) in [6, 6.07) is 20.5. The number of amides is 1. The van der Waals surface area contributed by atoms with E-state index < -0.39 is 0 Å². The van der Waals surface area contributed by atoms with E-state index in [2.05, 4.69) is 46.4 Å². The van der Waals surface area contributed by atoms with E-state index in [9.17, 15) is 4.79 Å². The summed E-state index contributed by atoms with van der Waals surface area (Å²) in [5.74, 6) is 1.20. The van der Waals surface area contributed by atoms with Crippen LogP contribution in [0.2, 0.25) is 0 Å². The second-order valence-electron chi connectivity index (χ2n) is 9.38. The van der Waals surface area contributed by atoms with E-state index in [1.807, 2.05) is 43.4 Å². The van der Waals surface area contributed by atoms with Gasteiger partial charge in [0.05, 0.1) is 6.61 Å². The summed E-state index contributed by atoms with van der Waals surface area (Å²) < 4.78 is 7.24. The molecule has 1 fully saturated rings. The molecule has 0 bridgehead atoms. The minimum Gasteiger partial charge on any atom is -0.491 e. The highest BCUT2D eigenvalue weighted by Gasteiger charge is 2.32. The molecule has 1 aliphatic heterocycles. The summed E-state index contributed by atoms with van der Waals surface area (Å²) in [6.07, 6.45) is 4.73. The summed E-state index contributed by atoms with van der Waals surface area (Å²) >= 11 is 0. The first-order chi connectivity index (χ1) is 17.0. The minimum atomic E-state index is -0.0198. The maximum absolute atomic E-state index is 13.3. The van der Waals surface area contributed by atoms with Gasteiger partial charge in [0.25, 0.3) is 5.91 Å². The smallest absolute Gasteiger partial charge is 0.274 e. The summed E-state index contributed by atoms with van der Waals surface area (Å²) in [5.41, 5.74) is 2.95. The zero-order valence-corrected chi connectivity index (χ0v) is 20.7. The topological polar surface area (TPSA) is 70.8 Å². The molecule has 3 aromatic rings. The van der Waals surface area contributed by atoms with Crippen molar-refractivity contribution in [3.8, 4) is 5.75 Å². The van der Waals surface area contributed by atoms with Crippen LogP contribution in [0.5, 0.6) is 5.75 Å². The molecular weight excluding hydrogens is 440 g/mol. The van der Waals surface area contributed by atoms with Crippen LogP contribution in [0, 0.1) is 5.92 Å². The number of likely N-dealkylation sites (N-methyl/N-ethyl adjacent to an activating group) is 1. The lowest BCUT2D eigenvalue weighted by atomic mass is 9.84. The Balaban J connectivity index is 1.41. The molecule has 35 heavy (non-hydrogen) atoms. The number of likely N-dealkylation sites (tertiary alicyclic amines) is 1. The van der Waals surface area contributed by atoms with Gasteiger partial charge in [-0.2, -0.15) is 5.10 Å². The Morgan fingerprint density at radius 2 is 1.86 bits per heavy atom. The van der Waals surface area contributed by atoms with Gasteiger partial charge in [0.1, 0.15) is 18.1 Å². The van der Waals surface area contributed by atoms with Crippen LogP contribution in [0.4, 0.5) is 0 Å². The molecule has 7 nitrogen and oxygen atoms in total. The lowest BCUT2D eigenvalue weighted by Gasteiger charge is -2.40. The fourth-order valence-corrected chi connectivity index (χ4v) is 4.99. The molecule has 0 aliphatic carbocycles. The fourth-order valence-electron chi connectivity index (χ4n) is 4.99. The molecular formula is C28H36N4O3. The Kier molecular flexibility index (Phi) is 8.55. The standard InChI is InChI=1S/C28H36N4O3/c1-30-14-13-26(29-30)28(34)31(2)27(20-22-7-4-3-5-8-22)24-11-15-32(16-12-24)21-23-9-6-10-25(19-23)35-18-17-33/h3-10,13-14,19,24,27,33H,11-12,15-18,20-21H2,1-2H3/t27-/m1/s1. The third kappa shape index (κ3) is 6.71. The number of rotatable bonds is 10. The zero-order valence-electron chi connectivity index (χ0n) is 20.7. The van der Waals surface area contributed by atoms with Gasteiger partial charge in [-0.1, -0.05) is 42.5 Å². The molecule has 186 valence electrons. The van der Waals surface area contributed by atoms with E-state index in [4.69, 9.17) is 9.84 Å². The highest BCUT2D eigenvalue weighted by atomic mass is 16.5. The lowest BCUT2D eigenvalue weighted by Crippen LogP contribution is -2.47. The fraction of sp³-hybridized carbons (Fsp3) is 0.429. The highest BCUT2D eigenvalue weighted by Crippen LogP contribution is 2.28. The first-order valence-corrected chi connectivity index (χ1v) is 12.4. The summed E-state index contributed by atoms with van der Waals surface area (Å²) in [4.78, 5) is 17.6. The Hall–Kier alpha value is -3.16. The average Bonchev–Trinajstić information content (AvgIpc) is 3.33. The van der Waals surface area contributed by atoms with Gasteiger partial charge in [-0.3, -0.25) is 14.4 Å². The third-order valence-corrected chi connectivity index (χ3v) is 6.88. The molecule has 2 heterocycles. The normalized spacial score (nSPS) is 15.6. The first-order valence-electron chi connectivity index (χ1n) is 12.4. The summed E-state index contributed by atoms with van der Waals surface area (Å²) in [6.45, 7) is 3.17. The van der Waals surface area contributed by atoms with Crippen LogP contribution >= 0.6 is 0 Å². The quantitative estimate of drug-likeness (QED) is 0.486. The first kappa shape index (κ1) is 24.9. The molecule has 1 N–H and O–H groups in total. The number of aromatic nitrogens is 2. The number of benzene rings is 2. The number of aryl methyl sites for hydroxylation is 1. The molecule has 1 saturated heterocycles. The Labute approximate surface area is 207 Å². The number of hydrogen-bond acceptors (Lipinski definition) is 5. The molecule has 1 aliphatic rings. The molecule has 1 atom stereocenters. The van der Waals surface area contributed by atoms with Crippen molar-refractivity contribution in [2.45, 2.75) is 31.8 Å². The van der Waals surface area contributed by atoms with E-state index in [1.54, 1.807) is 10.7 Å². The molecule has 1 amide bonds. The maximum Gasteiger partial charge on any atom is 0.274 e. The van der Waals surface area contributed by atoms with Gasteiger partial charge in [-0.05, 0) is 67.6 Å². The number of ether oxygens (including phenoxy) is 1. The number of aliphatic hydroxyl groups is 1. The monoisotopic (exact) mass is 476 g/mol. The van der Waals surface area contributed by atoms with E-state index in [0.717, 1.165) is 44.6 Å². The SMILES string of the molecule is CN(C(=O)c1ccn(C)n1)[C@H](Cc1ccccc1)C1CCN(Cc2cccc(OCCO)c2)CC1. The van der Waals surface area contributed by atoms with Crippen LogP contribution in [-0.2, 0) is 20.0 Å². The summed E-state index contributed by atoms with van der Waals surface area (Å²) in [7, 11) is 3.76. The molecule has 0 saturated carbocycles. The van der Waals surface area contributed by atoms with Crippen molar-refractivity contribution in [2.24, 2.45) is 13.0 Å². The van der Waals surface area contributed by atoms with Crippen molar-refractivity contribution in [3.63, 3.8) is 0 Å². The zero-order chi connectivity index (χ0) is 24.6. The largest absolute Gasteiger partial charge is 0.491 e. The van der Waals surface area contributed by atoms with Gasteiger partial charge >= 0.3 is 0 Å². The predicted molar refractivity (Wildman–Crippen MR) is 136 cm³/mol. The number of carbonyl (C=O) groups excluding carboxylic acids is 1. The molecule has 7 heteroatoms. The second-order valence-corrected chi connectivity index (χ2v) is 9.38. The van der Waals surface area contributed by atoms with Crippen molar-refractivity contribution in [1.82, 2.24) is 19.6 Å². The van der Waals surface area contributed by atoms with Crippen LogP contribution in [-0.4, -0.2) is 70.0 Å². The number of piperidine rings is 1. The van der Waals surface area contributed by atoms with E-state index >= 15 is 0 Å². The van der Waals surface area contributed by atoms with Crippen LogP contribution in [0.3, 0.4) is 0 Å². The van der Waals surface area contributed by atoms with Gasteiger partial charge in [0.2, 0.25) is 0 Å². The van der Waals surface area contributed by atoms with Crippen LogP contribution in [0.1, 0.15) is 34.5 Å². The van der Waals surface area contributed by atoms with Crippen molar-refractivity contribution >= 4 is 5.91 Å². The van der Waals surface area contributed by atoms with Gasteiger partial charge in [0.15, 0.2) is 0 Å². The van der Waals surface area contributed by atoms with Crippen LogP contribution < -0.4 is 4.74 Å². The van der Waals surface area contributed by atoms with Crippen LogP contribution in [0.15, 0.2) is 66.9 Å². The van der Waals surface area contributed by atoms with E-state index in [1.165, 1.54) is 11.1 Å². The van der Waals surface area contributed by atoms with Crippen molar-refractivity contribution in [3.05, 3.63) is 83.7 Å². The average molecular weight is 477 g/mol. The van der Waals surface area contributed by atoms with Gasteiger partial charge in [-0.15, -0.1) is 0 Å². The second kappa shape index (κ2) is 12.0. The van der Waals surface area contributed by atoms with E-state index in [0.29, 0.717) is 18.2 Å². The number of carbonyl (C=O) groups is 1. The maximum atomic E-state index is 13.3. The molecule has 4 rings (SSSR count). The third-order valence-electron chi connectivity index (χ3n) is 6.88. The molecule has 0 unspecified atom stereocenters. The Morgan fingerprint density at radius 1 is 1.11 bits per heavy atom. The van der Waals surface area contributed by atoms with Gasteiger partial charge < -0.3 is 14.7 Å². The summed E-state index contributed by atoms with van der Waals surface area (Å²) in [5, 5.41) is 13.3. The number of aliphatic hydroxyl groups excluding tert-OH is 1. The van der Waals surface area contributed by atoms with E-state index in [-0.39, 0.29) is 18.6 Å². The minimum absolute atomic E-state index is 0.0131. The molecule has 1 aromatic heterocycles. The van der Waals surface area contributed by atoms with Gasteiger partial charge in [0, 0.05) is 32.9 Å². The molecule has 0 spiro atoms. The molecule has 2 aromatic carbocycles. The lowest BCUT2D eigenvalue weighted by molar-refractivity contribution is 0.0579. The number of nitrogens with zero attached hydrogens (tertiary/aromatic N) is 4. The van der Waals surface area contributed by atoms with Gasteiger partial charge in [-0.25, -0.2) is 0 Å².